The lowest BCUT2D eigenvalue weighted by Crippen LogP contribution is -2.36. The minimum atomic E-state index is -0.452. The maximum atomic E-state index is 11.4. The van der Waals surface area contributed by atoms with E-state index in [1.54, 1.807) is 0 Å². The Morgan fingerprint density at radius 1 is 1.10 bits per heavy atom. The van der Waals surface area contributed by atoms with E-state index >= 15 is 0 Å². The summed E-state index contributed by atoms with van der Waals surface area (Å²) >= 11 is 0. The molecule has 0 radical (unpaired) electrons. The van der Waals surface area contributed by atoms with Crippen molar-refractivity contribution < 1.29 is 14.3 Å². The molecular formula is C16H26N2O3. The van der Waals surface area contributed by atoms with Gasteiger partial charge in [-0.2, -0.15) is 0 Å². The normalized spacial score (nSPS) is 11.0. The molecule has 0 aliphatic rings. The van der Waals surface area contributed by atoms with Crippen LogP contribution in [0.25, 0.3) is 0 Å². The Bertz CT molecular complexity index is 402. The Hall–Kier alpha value is -1.75. The molecular weight excluding hydrogens is 268 g/mol. The Kier molecular flexibility index (Phi) is 7.61. The van der Waals surface area contributed by atoms with Gasteiger partial charge in [-0.1, -0.05) is 18.2 Å². The summed E-state index contributed by atoms with van der Waals surface area (Å²) in [5.74, 6) is 0.893. The monoisotopic (exact) mass is 294 g/mol. The molecule has 118 valence electrons. The van der Waals surface area contributed by atoms with E-state index in [9.17, 15) is 4.79 Å². The molecule has 21 heavy (non-hydrogen) atoms. The minimum Gasteiger partial charge on any atom is -0.494 e. The van der Waals surface area contributed by atoms with Gasteiger partial charge in [0, 0.05) is 13.1 Å². The van der Waals surface area contributed by atoms with Gasteiger partial charge >= 0.3 is 6.09 Å². The summed E-state index contributed by atoms with van der Waals surface area (Å²) in [5.41, 5.74) is -0.452. The second-order valence-corrected chi connectivity index (χ2v) is 5.69. The number of para-hydroxylation sites is 1. The second kappa shape index (κ2) is 9.23. The molecule has 0 fully saturated rings. The van der Waals surface area contributed by atoms with Crippen LogP contribution in [0.1, 0.15) is 27.2 Å². The van der Waals surface area contributed by atoms with Crippen LogP contribution in [0.3, 0.4) is 0 Å². The standard InChI is InChI=1S/C16H26N2O3/c1-16(2,3)21-15(19)18-12-11-17-10-7-13-20-14-8-5-4-6-9-14/h4-6,8-9,17H,7,10-13H2,1-3H3,(H,18,19). The quantitative estimate of drug-likeness (QED) is 0.723. The minimum absolute atomic E-state index is 0.378. The van der Waals surface area contributed by atoms with Crippen molar-refractivity contribution in [1.82, 2.24) is 10.6 Å². The number of alkyl carbamates (subject to hydrolysis) is 1. The first-order valence-corrected chi connectivity index (χ1v) is 7.33. The lowest BCUT2D eigenvalue weighted by molar-refractivity contribution is 0.0528. The van der Waals surface area contributed by atoms with Gasteiger partial charge < -0.3 is 20.1 Å². The van der Waals surface area contributed by atoms with Crippen LogP contribution in [0.2, 0.25) is 0 Å². The topological polar surface area (TPSA) is 59.6 Å². The van der Waals surface area contributed by atoms with Crippen LogP contribution in [0.5, 0.6) is 5.75 Å². The van der Waals surface area contributed by atoms with Gasteiger partial charge in [0.15, 0.2) is 0 Å². The highest BCUT2D eigenvalue weighted by molar-refractivity contribution is 5.67. The fourth-order valence-corrected chi connectivity index (χ4v) is 1.60. The molecule has 0 atom stereocenters. The van der Waals surface area contributed by atoms with Gasteiger partial charge in [0.05, 0.1) is 6.61 Å². The fourth-order valence-electron chi connectivity index (χ4n) is 1.60. The lowest BCUT2D eigenvalue weighted by atomic mass is 10.2. The molecule has 2 N–H and O–H groups in total. The van der Waals surface area contributed by atoms with Crippen LogP contribution in [0, 0.1) is 0 Å². The van der Waals surface area contributed by atoms with Crippen molar-refractivity contribution in [3.05, 3.63) is 30.3 Å². The smallest absolute Gasteiger partial charge is 0.407 e. The third-order valence-corrected chi connectivity index (χ3v) is 2.48. The molecule has 5 nitrogen and oxygen atoms in total. The SMILES string of the molecule is CC(C)(C)OC(=O)NCCNCCCOc1ccccc1. The summed E-state index contributed by atoms with van der Waals surface area (Å²) in [6.07, 6.45) is 0.540. The highest BCUT2D eigenvalue weighted by Crippen LogP contribution is 2.08. The van der Waals surface area contributed by atoms with Gasteiger partial charge in [-0.25, -0.2) is 4.79 Å². The predicted octanol–water partition coefficient (Wildman–Crippen LogP) is 2.57. The molecule has 0 heterocycles. The predicted molar refractivity (Wildman–Crippen MR) is 83.7 cm³/mol. The van der Waals surface area contributed by atoms with E-state index in [0.717, 1.165) is 18.7 Å². The van der Waals surface area contributed by atoms with Crippen LogP contribution in [-0.4, -0.2) is 37.9 Å². The van der Waals surface area contributed by atoms with E-state index in [-0.39, 0.29) is 6.09 Å². The molecule has 1 aromatic rings. The molecule has 1 amide bonds. The number of ether oxygens (including phenoxy) is 2. The largest absolute Gasteiger partial charge is 0.494 e. The molecule has 0 saturated heterocycles. The maximum absolute atomic E-state index is 11.4. The number of hydrogen-bond acceptors (Lipinski definition) is 4. The van der Waals surface area contributed by atoms with Crippen molar-refractivity contribution in [3.63, 3.8) is 0 Å². The van der Waals surface area contributed by atoms with Crippen LogP contribution in [0.4, 0.5) is 4.79 Å². The fraction of sp³-hybridized carbons (Fsp3) is 0.562. The second-order valence-electron chi connectivity index (χ2n) is 5.69. The van der Waals surface area contributed by atoms with Crippen LogP contribution in [-0.2, 0) is 4.74 Å². The Balaban J connectivity index is 1.92. The molecule has 0 aromatic heterocycles. The molecule has 5 heteroatoms. The number of carbonyl (C=O) groups is 1. The molecule has 0 aliphatic carbocycles. The van der Waals surface area contributed by atoms with Crippen LogP contribution < -0.4 is 15.4 Å². The maximum Gasteiger partial charge on any atom is 0.407 e. The summed E-state index contributed by atoms with van der Waals surface area (Å²) in [7, 11) is 0. The molecule has 1 aromatic carbocycles. The third kappa shape index (κ3) is 9.73. The number of nitrogens with one attached hydrogen (secondary N) is 2. The molecule has 1 rings (SSSR count). The van der Waals surface area contributed by atoms with Gasteiger partial charge in [0.25, 0.3) is 0 Å². The highest BCUT2D eigenvalue weighted by Gasteiger charge is 2.15. The summed E-state index contributed by atoms with van der Waals surface area (Å²) in [4.78, 5) is 11.4. The zero-order valence-electron chi connectivity index (χ0n) is 13.1. The molecule has 0 spiro atoms. The van der Waals surface area contributed by atoms with Gasteiger partial charge in [-0.05, 0) is 45.9 Å². The van der Waals surface area contributed by atoms with Crippen molar-refractivity contribution >= 4 is 6.09 Å². The number of benzene rings is 1. The molecule has 0 aliphatic heterocycles. The van der Waals surface area contributed by atoms with Gasteiger partial charge in [-0.15, -0.1) is 0 Å². The van der Waals surface area contributed by atoms with Crippen LogP contribution in [0.15, 0.2) is 30.3 Å². The number of carbonyl (C=O) groups excluding carboxylic acids is 1. The molecule has 0 unspecified atom stereocenters. The van der Waals surface area contributed by atoms with Gasteiger partial charge in [0.2, 0.25) is 0 Å². The molecule has 0 bridgehead atoms. The third-order valence-electron chi connectivity index (χ3n) is 2.48. The van der Waals surface area contributed by atoms with E-state index in [0.29, 0.717) is 19.7 Å². The Morgan fingerprint density at radius 3 is 2.48 bits per heavy atom. The Morgan fingerprint density at radius 2 is 1.81 bits per heavy atom. The van der Waals surface area contributed by atoms with Gasteiger partial charge in [0.1, 0.15) is 11.4 Å². The zero-order valence-corrected chi connectivity index (χ0v) is 13.1. The van der Waals surface area contributed by atoms with Crippen molar-refractivity contribution in [2.45, 2.75) is 32.8 Å². The summed E-state index contributed by atoms with van der Waals surface area (Å²) < 4.78 is 10.7. The van der Waals surface area contributed by atoms with Crippen LogP contribution >= 0.6 is 0 Å². The Labute approximate surface area is 127 Å². The van der Waals surface area contributed by atoms with Gasteiger partial charge in [-0.3, -0.25) is 0 Å². The molecule has 0 saturated carbocycles. The average molecular weight is 294 g/mol. The first kappa shape index (κ1) is 17.3. The first-order chi connectivity index (χ1) is 9.97. The van der Waals surface area contributed by atoms with E-state index in [1.807, 2.05) is 51.1 Å². The van der Waals surface area contributed by atoms with Crippen molar-refractivity contribution in [3.8, 4) is 5.75 Å². The summed E-state index contributed by atoms with van der Waals surface area (Å²) in [5, 5.41) is 5.94. The highest BCUT2D eigenvalue weighted by atomic mass is 16.6. The van der Waals surface area contributed by atoms with E-state index in [2.05, 4.69) is 10.6 Å². The van der Waals surface area contributed by atoms with E-state index < -0.39 is 5.60 Å². The summed E-state index contributed by atoms with van der Waals surface area (Å²) in [6.45, 7) is 8.32. The van der Waals surface area contributed by atoms with E-state index in [1.165, 1.54) is 0 Å². The van der Waals surface area contributed by atoms with Crippen molar-refractivity contribution in [2.75, 3.05) is 26.2 Å². The number of amides is 1. The average Bonchev–Trinajstić information content (AvgIpc) is 2.41. The summed E-state index contributed by atoms with van der Waals surface area (Å²) in [6, 6.07) is 9.76. The first-order valence-electron chi connectivity index (χ1n) is 7.33. The number of hydrogen-bond donors (Lipinski definition) is 2. The lowest BCUT2D eigenvalue weighted by Gasteiger charge is -2.19. The van der Waals surface area contributed by atoms with Crippen molar-refractivity contribution in [1.29, 1.82) is 0 Å². The van der Waals surface area contributed by atoms with Crippen molar-refractivity contribution in [2.24, 2.45) is 0 Å². The number of rotatable bonds is 8. The zero-order chi connectivity index (χ0) is 15.6. The van der Waals surface area contributed by atoms with E-state index in [4.69, 9.17) is 9.47 Å².